The highest BCUT2D eigenvalue weighted by Gasteiger charge is 2.31. The lowest BCUT2D eigenvalue weighted by molar-refractivity contribution is -0.129. The Kier molecular flexibility index (Phi) is 4.57. The molecule has 0 radical (unpaired) electrons. The average molecular weight is 210 g/mol. The zero-order chi connectivity index (χ0) is 11.3. The van der Waals surface area contributed by atoms with Crippen molar-refractivity contribution < 1.29 is 9.53 Å². The Morgan fingerprint density at radius 2 is 2.33 bits per heavy atom. The van der Waals surface area contributed by atoms with Crippen LogP contribution in [0, 0.1) is 23.2 Å². The van der Waals surface area contributed by atoms with Gasteiger partial charge in [-0.05, 0) is 12.8 Å². The van der Waals surface area contributed by atoms with Gasteiger partial charge in [-0.25, -0.2) is 0 Å². The first-order valence-corrected chi connectivity index (χ1v) is 5.41. The molecule has 0 aromatic heterocycles. The van der Waals surface area contributed by atoms with Gasteiger partial charge in [0.15, 0.2) is 0 Å². The second kappa shape index (κ2) is 5.72. The molecular weight excluding hydrogens is 192 g/mol. The Morgan fingerprint density at radius 3 is 2.93 bits per heavy atom. The number of rotatable bonds is 4. The normalized spacial score (nSPS) is 25.3. The summed E-state index contributed by atoms with van der Waals surface area (Å²) in [6.45, 7) is 7.03. The lowest BCUT2D eigenvalue weighted by atomic mass is 9.99. The van der Waals surface area contributed by atoms with Crippen LogP contribution in [0.3, 0.4) is 0 Å². The van der Waals surface area contributed by atoms with Gasteiger partial charge in [0.25, 0.3) is 0 Å². The highest BCUT2D eigenvalue weighted by molar-refractivity contribution is 5.78. The summed E-state index contributed by atoms with van der Waals surface area (Å²) in [7, 11) is 0. The molecule has 4 nitrogen and oxygen atoms in total. The molecule has 1 fully saturated rings. The smallest absolute Gasteiger partial charge is 0.236 e. The fourth-order valence-corrected chi connectivity index (χ4v) is 1.90. The summed E-state index contributed by atoms with van der Waals surface area (Å²) in [5.41, 5.74) is 0. The van der Waals surface area contributed by atoms with E-state index < -0.39 is 0 Å². The number of nitriles is 1. The molecule has 0 N–H and O–H groups in total. The minimum absolute atomic E-state index is 0.00588. The van der Waals surface area contributed by atoms with Gasteiger partial charge < -0.3 is 9.64 Å². The quantitative estimate of drug-likeness (QED) is 0.696. The number of hydrogen-bond donors (Lipinski definition) is 0. The van der Waals surface area contributed by atoms with E-state index in [1.54, 1.807) is 4.90 Å². The second-order valence-electron chi connectivity index (χ2n) is 4.03. The molecular formula is C11H18N2O2. The Hall–Kier alpha value is -1.08. The summed E-state index contributed by atoms with van der Waals surface area (Å²) in [6.07, 6.45) is -0.00588. The molecule has 1 rings (SSSR count). The first kappa shape index (κ1) is 12.0. The molecule has 0 aliphatic carbocycles. The van der Waals surface area contributed by atoms with Crippen LogP contribution in [0.1, 0.15) is 20.3 Å². The largest absolute Gasteiger partial charge is 0.381 e. The molecule has 1 saturated heterocycles. The van der Waals surface area contributed by atoms with Crippen LogP contribution in [0.2, 0.25) is 0 Å². The first-order valence-electron chi connectivity index (χ1n) is 5.41. The van der Waals surface area contributed by atoms with Crippen molar-refractivity contribution in [2.45, 2.75) is 20.3 Å². The monoisotopic (exact) mass is 210 g/mol. The SMILES string of the molecule is CCOC[C@@H]1CN(C(=O)CC#N)C[C@H]1C. The van der Waals surface area contributed by atoms with Crippen molar-refractivity contribution in [3.8, 4) is 6.07 Å². The molecule has 0 unspecified atom stereocenters. The zero-order valence-electron chi connectivity index (χ0n) is 9.40. The van der Waals surface area contributed by atoms with E-state index in [0.29, 0.717) is 18.4 Å². The molecule has 1 aliphatic rings. The zero-order valence-corrected chi connectivity index (χ0v) is 9.40. The number of carbonyl (C=O) groups is 1. The Morgan fingerprint density at radius 1 is 1.60 bits per heavy atom. The Balaban J connectivity index is 2.41. The molecule has 0 spiro atoms. The van der Waals surface area contributed by atoms with Gasteiger partial charge in [-0.2, -0.15) is 5.26 Å². The number of carbonyl (C=O) groups excluding carboxylic acids is 1. The van der Waals surface area contributed by atoms with E-state index >= 15 is 0 Å². The van der Waals surface area contributed by atoms with Gasteiger partial charge in [-0.15, -0.1) is 0 Å². The van der Waals surface area contributed by atoms with Crippen LogP contribution in [0.5, 0.6) is 0 Å². The molecule has 84 valence electrons. The fraction of sp³-hybridized carbons (Fsp3) is 0.818. The summed E-state index contributed by atoms with van der Waals surface area (Å²) in [5.74, 6) is 0.843. The van der Waals surface area contributed by atoms with Crippen LogP contribution < -0.4 is 0 Å². The van der Waals surface area contributed by atoms with Crippen molar-refractivity contribution >= 4 is 5.91 Å². The maximum Gasteiger partial charge on any atom is 0.236 e. The molecule has 0 aromatic rings. The topological polar surface area (TPSA) is 53.3 Å². The van der Waals surface area contributed by atoms with E-state index in [2.05, 4.69) is 6.92 Å². The minimum atomic E-state index is -0.0525. The molecule has 1 aliphatic heterocycles. The van der Waals surface area contributed by atoms with E-state index in [1.165, 1.54) is 0 Å². The standard InChI is InChI=1S/C11H18N2O2/c1-3-15-8-10-7-13(6-9(10)2)11(14)4-5-12/h9-10H,3-4,6-8H2,1-2H3/t9-,10+/m1/s1. The number of likely N-dealkylation sites (tertiary alicyclic amines) is 1. The minimum Gasteiger partial charge on any atom is -0.381 e. The van der Waals surface area contributed by atoms with Gasteiger partial charge >= 0.3 is 0 Å². The molecule has 0 saturated carbocycles. The molecule has 1 heterocycles. The molecule has 4 heteroatoms. The number of hydrogen-bond acceptors (Lipinski definition) is 3. The van der Waals surface area contributed by atoms with Crippen molar-refractivity contribution in [1.29, 1.82) is 5.26 Å². The Labute approximate surface area is 90.8 Å². The molecule has 15 heavy (non-hydrogen) atoms. The van der Waals surface area contributed by atoms with Crippen LogP contribution in [-0.2, 0) is 9.53 Å². The van der Waals surface area contributed by atoms with Crippen LogP contribution in [0.4, 0.5) is 0 Å². The van der Waals surface area contributed by atoms with Gasteiger partial charge in [0, 0.05) is 25.6 Å². The van der Waals surface area contributed by atoms with E-state index in [0.717, 1.165) is 19.7 Å². The lowest BCUT2D eigenvalue weighted by Gasteiger charge is -2.14. The van der Waals surface area contributed by atoms with Gasteiger partial charge in [-0.3, -0.25) is 4.79 Å². The predicted molar refractivity (Wildman–Crippen MR) is 56.0 cm³/mol. The predicted octanol–water partition coefficient (Wildman–Crippen LogP) is 1.03. The third-order valence-corrected chi connectivity index (χ3v) is 2.89. The van der Waals surface area contributed by atoms with Crippen molar-refractivity contribution in [3.05, 3.63) is 0 Å². The molecule has 0 bridgehead atoms. The van der Waals surface area contributed by atoms with Crippen LogP contribution >= 0.6 is 0 Å². The number of ether oxygens (including phenoxy) is 1. The van der Waals surface area contributed by atoms with Crippen molar-refractivity contribution in [2.75, 3.05) is 26.3 Å². The fourth-order valence-electron chi connectivity index (χ4n) is 1.90. The third kappa shape index (κ3) is 3.21. The summed E-state index contributed by atoms with van der Waals surface area (Å²) < 4.78 is 5.37. The van der Waals surface area contributed by atoms with Crippen LogP contribution in [0.15, 0.2) is 0 Å². The summed E-state index contributed by atoms with van der Waals surface area (Å²) in [5, 5.41) is 8.45. The van der Waals surface area contributed by atoms with E-state index in [9.17, 15) is 4.79 Å². The maximum absolute atomic E-state index is 11.5. The van der Waals surface area contributed by atoms with Crippen molar-refractivity contribution in [1.82, 2.24) is 4.90 Å². The lowest BCUT2D eigenvalue weighted by Crippen LogP contribution is -2.28. The van der Waals surface area contributed by atoms with E-state index in [-0.39, 0.29) is 12.3 Å². The van der Waals surface area contributed by atoms with Crippen molar-refractivity contribution in [3.63, 3.8) is 0 Å². The summed E-state index contributed by atoms with van der Waals surface area (Å²) in [4.78, 5) is 13.2. The molecule has 0 aromatic carbocycles. The highest BCUT2D eigenvalue weighted by Crippen LogP contribution is 2.23. The van der Waals surface area contributed by atoms with Gasteiger partial charge in [0.1, 0.15) is 6.42 Å². The summed E-state index contributed by atoms with van der Waals surface area (Å²) >= 11 is 0. The van der Waals surface area contributed by atoms with Gasteiger partial charge in [0.2, 0.25) is 5.91 Å². The van der Waals surface area contributed by atoms with E-state index in [4.69, 9.17) is 10.00 Å². The number of amides is 1. The van der Waals surface area contributed by atoms with Crippen molar-refractivity contribution in [2.24, 2.45) is 11.8 Å². The third-order valence-electron chi connectivity index (χ3n) is 2.89. The van der Waals surface area contributed by atoms with Crippen LogP contribution in [-0.4, -0.2) is 37.1 Å². The van der Waals surface area contributed by atoms with E-state index in [1.807, 2.05) is 13.0 Å². The average Bonchev–Trinajstić information content (AvgIpc) is 2.57. The molecule has 2 atom stereocenters. The number of nitrogens with zero attached hydrogens (tertiary/aromatic N) is 2. The summed E-state index contributed by atoms with van der Waals surface area (Å²) in [6, 6.07) is 1.89. The molecule has 1 amide bonds. The first-order chi connectivity index (χ1) is 7.19. The van der Waals surface area contributed by atoms with Gasteiger partial charge in [-0.1, -0.05) is 6.92 Å². The highest BCUT2D eigenvalue weighted by atomic mass is 16.5. The Bertz CT molecular complexity index is 260. The van der Waals surface area contributed by atoms with Gasteiger partial charge in [0.05, 0.1) is 12.7 Å². The van der Waals surface area contributed by atoms with Crippen LogP contribution in [0.25, 0.3) is 0 Å². The maximum atomic E-state index is 11.5. The second-order valence-corrected chi connectivity index (χ2v) is 4.03.